The lowest BCUT2D eigenvalue weighted by atomic mass is 9.97. The van der Waals surface area contributed by atoms with Crippen LogP contribution in [0.15, 0.2) is 78.9 Å². The van der Waals surface area contributed by atoms with Gasteiger partial charge in [-0.15, -0.1) is 12.4 Å². The van der Waals surface area contributed by atoms with Crippen molar-refractivity contribution in [2.75, 3.05) is 11.1 Å². The maximum absolute atomic E-state index is 14.8. The molecule has 0 radical (unpaired) electrons. The van der Waals surface area contributed by atoms with Crippen LogP contribution in [0.1, 0.15) is 31.8 Å². The van der Waals surface area contributed by atoms with Crippen molar-refractivity contribution < 1.29 is 22.8 Å². The molecule has 0 heterocycles. The Labute approximate surface area is 217 Å². The fourth-order valence-corrected chi connectivity index (χ4v) is 3.63. The number of aryl methyl sites for hydroxylation is 1. The predicted octanol–water partition coefficient (Wildman–Crippen LogP) is 6.27. The first-order valence-electron chi connectivity index (χ1n) is 11.0. The van der Waals surface area contributed by atoms with Gasteiger partial charge >= 0.3 is 0 Å². The minimum absolute atomic E-state index is 0. The highest BCUT2D eigenvalue weighted by Crippen LogP contribution is 2.30. The van der Waals surface area contributed by atoms with Crippen molar-refractivity contribution in [3.63, 3.8) is 0 Å². The highest BCUT2D eigenvalue weighted by Gasteiger charge is 2.25. The molecule has 2 amide bonds. The lowest BCUT2D eigenvalue weighted by Gasteiger charge is -2.14. The van der Waals surface area contributed by atoms with Gasteiger partial charge in [0.1, 0.15) is 0 Å². The maximum Gasteiger partial charge on any atom is 0.259 e. The van der Waals surface area contributed by atoms with Gasteiger partial charge < -0.3 is 16.4 Å². The fraction of sp³-hybridized carbons (Fsp3) is 0.0714. The molecule has 37 heavy (non-hydrogen) atoms. The van der Waals surface area contributed by atoms with Crippen LogP contribution < -0.4 is 16.4 Å². The highest BCUT2D eigenvalue weighted by atomic mass is 35.5. The lowest BCUT2D eigenvalue weighted by molar-refractivity contribution is 0.0949. The summed E-state index contributed by atoms with van der Waals surface area (Å²) in [5.41, 5.74) is 8.05. The second kappa shape index (κ2) is 11.6. The summed E-state index contributed by atoms with van der Waals surface area (Å²) >= 11 is 0. The number of nitrogen functional groups attached to an aromatic ring is 1. The van der Waals surface area contributed by atoms with Gasteiger partial charge in [-0.25, -0.2) is 13.2 Å². The molecule has 4 rings (SSSR count). The summed E-state index contributed by atoms with van der Waals surface area (Å²) in [5, 5.41) is 5.24. The minimum Gasteiger partial charge on any atom is -0.399 e. The number of carbonyl (C=O) groups is 2. The van der Waals surface area contributed by atoms with Crippen molar-refractivity contribution in [2.24, 2.45) is 0 Å². The van der Waals surface area contributed by atoms with E-state index in [2.05, 4.69) is 10.6 Å². The molecule has 4 aromatic carbocycles. The van der Waals surface area contributed by atoms with Gasteiger partial charge in [0.25, 0.3) is 11.8 Å². The van der Waals surface area contributed by atoms with Crippen LogP contribution in [-0.4, -0.2) is 11.8 Å². The SMILES string of the molecule is Cc1ccc(-c2cc(F)c(F)c(F)c2C(=O)Nc2cccc(C(=O)NCc3ccc(N)cc3)c2)cc1.Cl. The maximum atomic E-state index is 14.8. The molecule has 0 unspecified atom stereocenters. The monoisotopic (exact) mass is 525 g/mol. The van der Waals surface area contributed by atoms with Crippen molar-refractivity contribution >= 4 is 35.6 Å². The first kappa shape index (κ1) is 27.3. The number of nitrogens with one attached hydrogen (secondary N) is 2. The molecule has 0 fully saturated rings. The zero-order valence-electron chi connectivity index (χ0n) is 19.6. The third-order valence-corrected chi connectivity index (χ3v) is 5.57. The van der Waals surface area contributed by atoms with Crippen LogP contribution in [0.3, 0.4) is 0 Å². The fourth-order valence-electron chi connectivity index (χ4n) is 3.63. The Morgan fingerprint density at radius 3 is 2.19 bits per heavy atom. The van der Waals surface area contributed by atoms with Crippen molar-refractivity contribution in [2.45, 2.75) is 13.5 Å². The van der Waals surface area contributed by atoms with Gasteiger partial charge in [-0.1, -0.05) is 48.0 Å². The van der Waals surface area contributed by atoms with Crippen LogP contribution in [-0.2, 0) is 6.54 Å². The van der Waals surface area contributed by atoms with Gasteiger partial charge in [-0.2, -0.15) is 0 Å². The minimum atomic E-state index is -1.74. The van der Waals surface area contributed by atoms with E-state index in [1.165, 1.54) is 18.2 Å². The Morgan fingerprint density at radius 2 is 1.51 bits per heavy atom. The third-order valence-electron chi connectivity index (χ3n) is 5.57. The number of halogens is 4. The van der Waals surface area contributed by atoms with E-state index in [4.69, 9.17) is 5.73 Å². The normalized spacial score (nSPS) is 10.4. The molecule has 0 saturated heterocycles. The summed E-state index contributed by atoms with van der Waals surface area (Å²) in [4.78, 5) is 25.6. The molecule has 5 nitrogen and oxygen atoms in total. The second-order valence-electron chi connectivity index (χ2n) is 8.23. The lowest BCUT2D eigenvalue weighted by Crippen LogP contribution is -2.23. The molecule has 0 aliphatic rings. The quantitative estimate of drug-likeness (QED) is 0.205. The molecule has 0 atom stereocenters. The third kappa shape index (κ3) is 6.29. The Balaban J connectivity index is 0.00000380. The van der Waals surface area contributed by atoms with E-state index in [1.54, 1.807) is 54.6 Å². The molecule has 0 aliphatic carbocycles. The average Bonchev–Trinajstić information content (AvgIpc) is 2.87. The number of hydrogen-bond donors (Lipinski definition) is 3. The van der Waals surface area contributed by atoms with Crippen molar-refractivity contribution in [3.8, 4) is 11.1 Å². The standard InChI is InChI=1S/C28H22F3N3O2.ClH/c1-16-5-9-18(10-6-16)22-14-23(29)25(30)26(31)24(22)28(36)34-21-4-2-3-19(13-21)27(35)33-15-17-7-11-20(32)12-8-17;/h2-14H,15,32H2,1H3,(H,33,35)(H,34,36);1H. The van der Waals surface area contributed by atoms with E-state index in [0.717, 1.165) is 17.2 Å². The molecule has 190 valence electrons. The zero-order valence-corrected chi connectivity index (χ0v) is 20.5. The number of nitrogens with two attached hydrogens (primary N) is 1. The van der Waals surface area contributed by atoms with E-state index in [-0.39, 0.29) is 35.8 Å². The van der Waals surface area contributed by atoms with Gasteiger partial charge in [-0.3, -0.25) is 9.59 Å². The molecule has 9 heteroatoms. The average molecular weight is 526 g/mol. The first-order chi connectivity index (χ1) is 17.2. The van der Waals surface area contributed by atoms with Gasteiger partial charge in [0.2, 0.25) is 0 Å². The van der Waals surface area contributed by atoms with Crippen LogP contribution >= 0.6 is 12.4 Å². The van der Waals surface area contributed by atoms with Gasteiger partial charge in [0.15, 0.2) is 17.5 Å². The number of benzene rings is 4. The second-order valence-corrected chi connectivity index (χ2v) is 8.23. The number of rotatable bonds is 6. The summed E-state index contributed by atoms with van der Waals surface area (Å²) in [6.07, 6.45) is 0. The number of anilines is 2. The Kier molecular flexibility index (Phi) is 8.57. The largest absolute Gasteiger partial charge is 0.399 e. The summed E-state index contributed by atoms with van der Waals surface area (Å²) in [6, 6.07) is 20.4. The summed E-state index contributed by atoms with van der Waals surface area (Å²) in [6.45, 7) is 2.10. The molecular formula is C28H23ClF3N3O2. The van der Waals surface area contributed by atoms with Crippen LogP contribution in [0.5, 0.6) is 0 Å². The predicted molar refractivity (Wildman–Crippen MR) is 140 cm³/mol. The molecule has 0 bridgehead atoms. The number of carbonyl (C=O) groups excluding carboxylic acids is 2. The Hall–Kier alpha value is -4.30. The van der Waals surface area contributed by atoms with E-state index < -0.39 is 34.8 Å². The van der Waals surface area contributed by atoms with Crippen LogP contribution in [0.4, 0.5) is 24.5 Å². The first-order valence-corrected chi connectivity index (χ1v) is 11.0. The molecule has 0 aliphatic heterocycles. The van der Waals surface area contributed by atoms with Crippen LogP contribution in [0, 0.1) is 24.4 Å². The Morgan fingerprint density at radius 1 is 0.838 bits per heavy atom. The van der Waals surface area contributed by atoms with Crippen molar-refractivity contribution in [3.05, 3.63) is 119 Å². The van der Waals surface area contributed by atoms with Crippen molar-refractivity contribution in [1.82, 2.24) is 5.32 Å². The number of amides is 2. The van der Waals surface area contributed by atoms with Crippen molar-refractivity contribution in [1.29, 1.82) is 0 Å². The van der Waals surface area contributed by atoms with Crippen LogP contribution in [0.25, 0.3) is 11.1 Å². The molecule has 4 aromatic rings. The number of hydrogen-bond acceptors (Lipinski definition) is 3. The van der Waals surface area contributed by atoms with Gasteiger partial charge in [0, 0.05) is 29.0 Å². The summed E-state index contributed by atoms with van der Waals surface area (Å²) in [7, 11) is 0. The summed E-state index contributed by atoms with van der Waals surface area (Å²) < 4.78 is 42.9. The smallest absolute Gasteiger partial charge is 0.259 e. The summed E-state index contributed by atoms with van der Waals surface area (Å²) in [5.74, 6) is -6.13. The Bertz CT molecular complexity index is 1440. The zero-order chi connectivity index (χ0) is 25.8. The van der Waals surface area contributed by atoms with Gasteiger partial charge in [0.05, 0.1) is 5.56 Å². The van der Waals surface area contributed by atoms with E-state index in [1.807, 2.05) is 6.92 Å². The van der Waals surface area contributed by atoms with E-state index >= 15 is 0 Å². The molecule has 4 N–H and O–H groups in total. The van der Waals surface area contributed by atoms with Gasteiger partial charge in [-0.05, 0) is 54.4 Å². The molecule has 0 spiro atoms. The van der Waals surface area contributed by atoms with E-state index in [9.17, 15) is 22.8 Å². The molecular weight excluding hydrogens is 503 g/mol. The molecule has 0 saturated carbocycles. The van der Waals surface area contributed by atoms with E-state index in [0.29, 0.717) is 11.3 Å². The molecule has 0 aromatic heterocycles. The highest BCUT2D eigenvalue weighted by molar-refractivity contribution is 6.09. The van der Waals surface area contributed by atoms with Crippen LogP contribution in [0.2, 0.25) is 0 Å². The topological polar surface area (TPSA) is 84.2 Å².